The Balaban J connectivity index is 3.41. The van der Waals surface area contributed by atoms with Gasteiger partial charge >= 0.3 is 0 Å². The second kappa shape index (κ2) is 5.38. The third-order valence-electron chi connectivity index (χ3n) is 2.55. The van der Waals surface area contributed by atoms with Crippen LogP contribution in [0.25, 0.3) is 0 Å². The number of nitrogens with zero attached hydrogens (tertiary/aromatic N) is 1. The van der Waals surface area contributed by atoms with E-state index in [1.165, 1.54) is 0 Å². The lowest BCUT2D eigenvalue weighted by atomic mass is 10.0. The number of hydrogen-bond acceptors (Lipinski definition) is 3. The summed E-state index contributed by atoms with van der Waals surface area (Å²) >= 11 is 6.01. The molecule has 0 aliphatic rings. The summed E-state index contributed by atoms with van der Waals surface area (Å²) in [5.74, 6) is 0.210. The molecule has 0 saturated heterocycles. The lowest BCUT2D eigenvalue weighted by molar-refractivity contribution is -0.122. The van der Waals surface area contributed by atoms with Crippen LogP contribution in [0.2, 0.25) is 5.02 Å². The van der Waals surface area contributed by atoms with Gasteiger partial charge in [0.25, 0.3) is 0 Å². The molecule has 2 N–H and O–H groups in total. The van der Waals surface area contributed by atoms with Crippen LogP contribution in [-0.2, 0) is 4.79 Å². The van der Waals surface area contributed by atoms with E-state index in [9.17, 15) is 4.79 Å². The number of carbonyl (C=O) groups is 1. The van der Waals surface area contributed by atoms with Crippen LogP contribution in [0.1, 0.15) is 17.2 Å². The van der Waals surface area contributed by atoms with Gasteiger partial charge < -0.3 is 10.5 Å². The minimum atomic E-state index is -0.553. The first-order chi connectivity index (χ1) is 7.88. The molecule has 0 radical (unpaired) electrons. The quantitative estimate of drug-likeness (QED) is 0.893. The highest BCUT2D eigenvalue weighted by Crippen LogP contribution is 2.33. The molecule has 0 fully saturated rings. The standard InChI is InChI=1S/C12H17ClN2O2/c1-7-5-8(13)6-9(11(7)17-4)10(12(14)16)15(2)3/h5-6,10H,1-4H3,(H2,14,16). The zero-order valence-corrected chi connectivity index (χ0v) is 11.2. The fraction of sp³-hybridized carbons (Fsp3) is 0.417. The monoisotopic (exact) mass is 256 g/mol. The van der Waals surface area contributed by atoms with Crippen LogP contribution in [-0.4, -0.2) is 32.0 Å². The number of likely N-dealkylation sites (N-methyl/N-ethyl adjacent to an activating group) is 1. The van der Waals surface area contributed by atoms with Crippen molar-refractivity contribution in [2.75, 3.05) is 21.2 Å². The molecule has 94 valence electrons. The van der Waals surface area contributed by atoms with Crippen LogP contribution in [0.4, 0.5) is 0 Å². The fourth-order valence-electron chi connectivity index (χ4n) is 1.92. The fourth-order valence-corrected chi connectivity index (χ4v) is 2.20. The molecule has 1 aromatic rings. The summed E-state index contributed by atoms with van der Waals surface area (Å²) in [6, 6.07) is 2.95. The van der Waals surface area contributed by atoms with E-state index in [1.807, 2.05) is 6.92 Å². The highest BCUT2D eigenvalue weighted by atomic mass is 35.5. The predicted molar refractivity (Wildman–Crippen MR) is 68.4 cm³/mol. The Hall–Kier alpha value is -1.26. The van der Waals surface area contributed by atoms with Gasteiger partial charge in [0.1, 0.15) is 11.8 Å². The number of benzene rings is 1. The Morgan fingerprint density at radius 3 is 2.47 bits per heavy atom. The number of amides is 1. The van der Waals surface area contributed by atoms with Gasteiger partial charge in [0, 0.05) is 10.6 Å². The smallest absolute Gasteiger partial charge is 0.239 e. The number of aryl methyl sites for hydroxylation is 1. The predicted octanol–water partition coefficient (Wildman–Crippen LogP) is 1.75. The van der Waals surface area contributed by atoms with Gasteiger partial charge in [0.15, 0.2) is 0 Å². The molecule has 0 aliphatic heterocycles. The van der Waals surface area contributed by atoms with E-state index in [0.29, 0.717) is 16.3 Å². The van der Waals surface area contributed by atoms with E-state index in [-0.39, 0.29) is 0 Å². The maximum absolute atomic E-state index is 11.5. The zero-order chi connectivity index (χ0) is 13.2. The summed E-state index contributed by atoms with van der Waals surface area (Å²) < 4.78 is 5.32. The van der Waals surface area contributed by atoms with Gasteiger partial charge in [-0.2, -0.15) is 0 Å². The van der Waals surface area contributed by atoms with Crippen LogP contribution < -0.4 is 10.5 Å². The van der Waals surface area contributed by atoms with Crippen molar-refractivity contribution in [1.82, 2.24) is 4.90 Å². The number of carbonyl (C=O) groups excluding carboxylic acids is 1. The average molecular weight is 257 g/mol. The molecule has 4 nitrogen and oxygen atoms in total. The van der Waals surface area contributed by atoms with Crippen molar-refractivity contribution in [1.29, 1.82) is 0 Å². The second-order valence-corrected chi connectivity index (χ2v) is 4.55. The molecule has 1 unspecified atom stereocenters. The van der Waals surface area contributed by atoms with Crippen molar-refractivity contribution < 1.29 is 9.53 Å². The molecule has 1 aromatic carbocycles. The van der Waals surface area contributed by atoms with Crippen LogP contribution >= 0.6 is 11.6 Å². The van der Waals surface area contributed by atoms with Gasteiger partial charge in [0.05, 0.1) is 7.11 Å². The lowest BCUT2D eigenvalue weighted by Crippen LogP contribution is -2.33. The van der Waals surface area contributed by atoms with Crippen molar-refractivity contribution in [3.63, 3.8) is 0 Å². The maximum Gasteiger partial charge on any atom is 0.239 e. The average Bonchev–Trinajstić information content (AvgIpc) is 2.15. The Kier molecular flexibility index (Phi) is 4.37. The second-order valence-electron chi connectivity index (χ2n) is 4.11. The van der Waals surface area contributed by atoms with Crippen molar-refractivity contribution in [2.45, 2.75) is 13.0 Å². The summed E-state index contributed by atoms with van der Waals surface area (Å²) in [6.45, 7) is 1.88. The van der Waals surface area contributed by atoms with Gasteiger partial charge in [-0.3, -0.25) is 9.69 Å². The van der Waals surface area contributed by atoms with Crippen LogP contribution in [0.15, 0.2) is 12.1 Å². The Morgan fingerprint density at radius 2 is 2.06 bits per heavy atom. The molecule has 1 atom stereocenters. The van der Waals surface area contributed by atoms with Crippen LogP contribution in [0, 0.1) is 6.92 Å². The highest BCUT2D eigenvalue weighted by molar-refractivity contribution is 6.30. The number of rotatable bonds is 4. The highest BCUT2D eigenvalue weighted by Gasteiger charge is 2.25. The van der Waals surface area contributed by atoms with Crippen LogP contribution in [0.3, 0.4) is 0 Å². The molecule has 0 aromatic heterocycles. The van der Waals surface area contributed by atoms with E-state index in [4.69, 9.17) is 22.1 Å². The summed E-state index contributed by atoms with van der Waals surface area (Å²) in [5, 5.41) is 0.561. The van der Waals surface area contributed by atoms with E-state index >= 15 is 0 Å². The molecule has 0 heterocycles. The molecule has 1 amide bonds. The summed E-state index contributed by atoms with van der Waals surface area (Å²) in [7, 11) is 5.13. The van der Waals surface area contributed by atoms with Gasteiger partial charge in [-0.25, -0.2) is 0 Å². The molecular weight excluding hydrogens is 240 g/mol. The molecule has 1 rings (SSSR count). The third-order valence-corrected chi connectivity index (χ3v) is 2.77. The zero-order valence-electron chi connectivity index (χ0n) is 10.5. The first kappa shape index (κ1) is 13.8. The Morgan fingerprint density at radius 1 is 1.47 bits per heavy atom. The normalized spacial score (nSPS) is 12.6. The molecule has 5 heteroatoms. The SMILES string of the molecule is COc1c(C)cc(Cl)cc1C(C(N)=O)N(C)C. The number of methoxy groups -OCH3 is 1. The molecular formula is C12H17ClN2O2. The van der Waals surface area contributed by atoms with Gasteiger partial charge in [-0.1, -0.05) is 11.6 Å². The number of halogens is 1. The van der Waals surface area contributed by atoms with Crippen molar-refractivity contribution in [3.8, 4) is 5.75 Å². The van der Waals surface area contributed by atoms with Crippen LogP contribution in [0.5, 0.6) is 5.75 Å². The third kappa shape index (κ3) is 2.90. The molecule has 0 bridgehead atoms. The molecule has 17 heavy (non-hydrogen) atoms. The lowest BCUT2D eigenvalue weighted by Gasteiger charge is -2.24. The van der Waals surface area contributed by atoms with E-state index in [1.54, 1.807) is 38.2 Å². The minimum Gasteiger partial charge on any atom is -0.496 e. The largest absolute Gasteiger partial charge is 0.496 e. The first-order valence-electron chi connectivity index (χ1n) is 5.18. The summed E-state index contributed by atoms with van der Waals surface area (Å²) in [5.41, 5.74) is 6.98. The number of hydrogen-bond donors (Lipinski definition) is 1. The van der Waals surface area contributed by atoms with Crippen molar-refractivity contribution in [2.24, 2.45) is 5.73 Å². The maximum atomic E-state index is 11.5. The van der Waals surface area contributed by atoms with Gasteiger partial charge in [-0.05, 0) is 38.7 Å². The summed E-state index contributed by atoms with van der Waals surface area (Å²) in [6.07, 6.45) is 0. The number of ether oxygens (including phenoxy) is 1. The van der Waals surface area contributed by atoms with Gasteiger partial charge in [0.2, 0.25) is 5.91 Å². The van der Waals surface area contributed by atoms with E-state index in [2.05, 4.69) is 0 Å². The number of primary amides is 1. The molecule has 0 spiro atoms. The summed E-state index contributed by atoms with van der Waals surface area (Å²) in [4.78, 5) is 13.2. The Labute approximate surface area is 106 Å². The van der Waals surface area contributed by atoms with Crippen molar-refractivity contribution >= 4 is 17.5 Å². The molecule has 0 saturated carbocycles. The minimum absolute atomic E-state index is 0.435. The van der Waals surface area contributed by atoms with Crippen molar-refractivity contribution in [3.05, 3.63) is 28.3 Å². The molecule has 0 aliphatic carbocycles. The van der Waals surface area contributed by atoms with Gasteiger partial charge in [-0.15, -0.1) is 0 Å². The first-order valence-corrected chi connectivity index (χ1v) is 5.56. The Bertz CT molecular complexity index is 433. The van der Waals surface area contributed by atoms with E-state index in [0.717, 1.165) is 5.56 Å². The number of nitrogens with two attached hydrogens (primary N) is 1. The topological polar surface area (TPSA) is 55.6 Å². The van der Waals surface area contributed by atoms with E-state index < -0.39 is 11.9 Å².